The third-order valence-corrected chi connectivity index (χ3v) is 3.36. The minimum Gasteiger partial charge on any atom is -0.370 e. The zero-order valence-electron chi connectivity index (χ0n) is 13.1. The summed E-state index contributed by atoms with van der Waals surface area (Å²) in [5.74, 6) is 2.14. The van der Waals surface area contributed by atoms with Gasteiger partial charge in [-0.3, -0.25) is 4.98 Å². The zero-order valence-corrected chi connectivity index (χ0v) is 13.1. The summed E-state index contributed by atoms with van der Waals surface area (Å²) in [7, 11) is 0. The molecule has 2 aromatic rings. The molecule has 2 rings (SSSR count). The Hall–Kier alpha value is -2.17. The van der Waals surface area contributed by atoms with E-state index >= 15 is 0 Å². The molecule has 0 aliphatic carbocycles. The molecule has 0 saturated carbocycles. The van der Waals surface area contributed by atoms with E-state index in [4.69, 9.17) is 0 Å². The molecule has 21 heavy (non-hydrogen) atoms. The summed E-state index contributed by atoms with van der Waals surface area (Å²) < 4.78 is 0. The van der Waals surface area contributed by atoms with Gasteiger partial charge in [0.25, 0.3) is 0 Å². The number of rotatable bonds is 6. The van der Waals surface area contributed by atoms with Crippen LogP contribution < -0.4 is 10.6 Å². The van der Waals surface area contributed by atoms with E-state index in [2.05, 4.69) is 53.3 Å². The van der Waals surface area contributed by atoms with Crippen LogP contribution in [0.15, 0.2) is 30.9 Å². The summed E-state index contributed by atoms with van der Waals surface area (Å²) in [6.07, 6.45) is 5.22. The van der Waals surface area contributed by atoms with Crippen LogP contribution in [0, 0.1) is 0 Å². The van der Waals surface area contributed by atoms with Gasteiger partial charge >= 0.3 is 0 Å². The van der Waals surface area contributed by atoms with Crippen molar-refractivity contribution in [2.24, 2.45) is 0 Å². The Morgan fingerprint density at radius 3 is 2.33 bits per heavy atom. The number of hydrogen-bond donors (Lipinski definition) is 2. The second-order valence-electron chi connectivity index (χ2n) is 5.32. The molecule has 2 heterocycles. The van der Waals surface area contributed by atoms with Gasteiger partial charge in [-0.2, -0.15) is 0 Å². The van der Waals surface area contributed by atoms with Gasteiger partial charge in [0.05, 0.1) is 6.04 Å². The maximum Gasteiger partial charge on any atom is 0.135 e. The molecular formula is C16H23N5. The quantitative estimate of drug-likeness (QED) is 0.849. The Morgan fingerprint density at radius 1 is 1.05 bits per heavy atom. The van der Waals surface area contributed by atoms with Gasteiger partial charge in [-0.15, -0.1) is 0 Å². The van der Waals surface area contributed by atoms with E-state index in [-0.39, 0.29) is 6.04 Å². The Bertz CT molecular complexity index is 568. The summed E-state index contributed by atoms with van der Waals surface area (Å²) in [5, 5.41) is 6.80. The van der Waals surface area contributed by atoms with Crippen LogP contribution in [0.5, 0.6) is 0 Å². The maximum atomic E-state index is 4.43. The van der Waals surface area contributed by atoms with Crippen LogP contribution in [0.4, 0.5) is 11.6 Å². The van der Waals surface area contributed by atoms with Gasteiger partial charge in [-0.05, 0) is 37.5 Å². The molecule has 5 heteroatoms. The van der Waals surface area contributed by atoms with Crippen molar-refractivity contribution in [3.8, 4) is 0 Å². The zero-order chi connectivity index (χ0) is 15.2. The Labute approximate surface area is 126 Å². The van der Waals surface area contributed by atoms with Crippen LogP contribution in [0.3, 0.4) is 0 Å². The highest BCUT2D eigenvalue weighted by molar-refractivity contribution is 5.59. The van der Waals surface area contributed by atoms with Gasteiger partial charge in [0.1, 0.15) is 18.0 Å². The molecule has 1 unspecified atom stereocenters. The normalized spacial score (nSPS) is 12.2. The topological polar surface area (TPSA) is 62.7 Å². The molecule has 5 nitrogen and oxygen atoms in total. The minimum absolute atomic E-state index is 0.162. The van der Waals surface area contributed by atoms with Gasteiger partial charge in [-0.25, -0.2) is 9.97 Å². The van der Waals surface area contributed by atoms with Crippen molar-refractivity contribution in [2.45, 2.75) is 39.7 Å². The van der Waals surface area contributed by atoms with Gasteiger partial charge in [0, 0.05) is 24.5 Å². The molecule has 0 radical (unpaired) electrons. The maximum absolute atomic E-state index is 4.43. The van der Waals surface area contributed by atoms with Crippen molar-refractivity contribution in [1.82, 2.24) is 15.0 Å². The monoisotopic (exact) mass is 285 g/mol. The van der Waals surface area contributed by atoms with Gasteiger partial charge < -0.3 is 10.6 Å². The average Bonchev–Trinajstić information content (AvgIpc) is 2.48. The van der Waals surface area contributed by atoms with Crippen molar-refractivity contribution in [3.05, 3.63) is 42.0 Å². The molecule has 1 atom stereocenters. The first-order valence-electron chi connectivity index (χ1n) is 7.38. The molecule has 0 aromatic carbocycles. The summed E-state index contributed by atoms with van der Waals surface area (Å²) >= 11 is 0. The molecule has 112 valence electrons. The molecular weight excluding hydrogens is 262 g/mol. The van der Waals surface area contributed by atoms with Crippen molar-refractivity contribution in [1.29, 1.82) is 0 Å². The standard InChI is InChI=1S/C16H23N5/c1-5-18-15-14(11(2)3)16(20-10-19-15)21-12(4)13-6-8-17-9-7-13/h6-12H,5H2,1-4H3,(H2,18,19,20,21). The minimum atomic E-state index is 0.162. The summed E-state index contributed by atoms with van der Waals surface area (Å²) in [6, 6.07) is 4.19. The second kappa shape index (κ2) is 7.02. The summed E-state index contributed by atoms with van der Waals surface area (Å²) in [4.78, 5) is 12.8. The number of nitrogens with one attached hydrogen (secondary N) is 2. The molecule has 0 amide bonds. The van der Waals surface area contributed by atoms with E-state index < -0.39 is 0 Å². The van der Waals surface area contributed by atoms with Crippen molar-refractivity contribution in [3.63, 3.8) is 0 Å². The lowest BCUT2D eigenvalue weighted by molar-refractivity contribution is 0.818. The first-order chi connectivity index (χ1) is 10.1. The molecule has 0 bridgehead atoms. The van der Waals surface area contributed by atoms with Crippen LogP contribution in [0.25, 0.3) is 0 Å². The van der Waals surface area contributed by atoms with E-state index in [1.807, 2.05) is 12.1 Å². The number of nitrogens with zero attached hydrogens (tertiary/aromatic N) is 3. The Morgan fingerprint density at radius 2 is 1.71 bits per heavy atom. The fourth-order valence-corrected chi connectivity index (χ4v) is 2.31. The number of anilines is 2. The van der Waals surface area contributed by atoms with E-state index in [0.717, 1.165) is 23.7 Å². The highest BCUT2D eigenvalue weighted by Gasteiger charge is 2.16. The molecule has 0 aliphatic heterocycles. The van der Waals surface area contributed by atoms with Crippen molar-refractivity contribution < 1.29 is 0 Å². The highest BCUT2D eigenvalue weighted by atomic mass is 15.1. The first-order valence-corrected chi connectivity index (χ1v) is 7.38. The van der Waals surface area contributed by atoms with Crippen molar-refractivity contribution in [2.75, 3.05) is 17.2 Å². The fraction of sp³-hybridized carbons (Fsp3) is 0.438. The van der Waals surface area contributed by atoms with E-state index in [1.165, 1.54) is 5.56 Å². The van der Waals surface area contributed by atoms with Crippen LogP contribution >= 0.6 is 0 Å². The number of aromatic nitrogens is 3. The molecule has 0 spiro atoms. The summed E-state index contributed by atoms with van der Waals surface area (Å²) in [5.41, 5.74) is 2.31. The van der Waals surface area contributed by atoms with E-state index in [9.17, 15) is 0 Å². The van der Waals surface area contributed by atoms with Crippen LogP contribution in [0.2, 0.25) is 0 Å². The first kappa shape index (κ1) is 15.2. The highest BCUT2D eigenvalue weighted by Crippen LogP contribution is 2.30. The predicted molar refractivity (Wildman–Crippen MR) is 86.6 cm³/mol. The molecule has 0 saturated heterocycles. The fourth-order valence-electron chi connectivity index (χ4n) is 2.31. The second-order valence-corrected chi connectivity index (χ2v) is 5.32. The molecule has 0 aliphatic rings. The molecule has 0 fully saturated rings. The summed E-state index contributed by atoms with van der Waals surface area (Å²) in [6.45, 7) is 9.34. The predicted octanol–water partition coefficient (Wildman–Crippen LogP) is 3.60. The smallest absolute Gasteiger partial charge is 0.135 e. The van der Waals surface area contributed by atoms with E-state index in [0.29, 0.717) is 5.92 Å². The van der Waals surface area contributed by atoms with Gasteiger partial charge in [0.15, 0.2) is 0 Å². The van der Waals surface area contributed by atoms with Crippen LogP contribution in [-0.2, 0) is 0 Å². The van der Waals surface area contributed by atoms with Gasteiger partial charge in [0.2, 0.25) is 0 Å². The largest absolute Gasteiger partial charge is 0.370 e. The van der Waals surface area contributed by atoms with Crippen LogP contribution in [-0.4, -0.2) is 21.5 Å². The SMILES string of the molecule is CCNc1ncnc(NC(C)c2ccncc2)c1C(C)C. The Kier molecular flexibility index (Phi) is 5.09. The lowest BCUT2D eigenvalue weighted by Crippen LogP contribution is -2.13. The van der Waals surface area contributed by atoms with Gasteiger partial charge in [-0.1, -0.05) is 13.8 Å². The molecule has 2 N–H and O–H groups in total. The number of hydrogen-bond acceptors (Lipinski definition) is 5. The Balaban J connectivity index is 2.29. The third-order valence-electron chi connectivity index (χ3n) is 3.36. The van der Waals surface area contributed by atoms with E-state index in [1.54, 1.807) is 18.7 Å². The number of pyridine rings is 1. The molecule has 2 aromatic heterocycles. The average molecular weight is 285 g/mol. The lowest BCUT2D eigenvalue weighted by atomic mass is 10.0. The third kappa shape index (κ3) is 3.68. The van der Waals surface area contributed by atoms with Crippen molar-refractivity contribution >= 4 is 11.6 Å². The van der Waals surface area contributed by atoms with Crippen LogP contribution in [0.1, 0.15) is 50.8 Å². The lowest BCUT2D eigenvalue weighted by Gasteiger charge is -2.21.